The molecule has 2 aromatic rings. The van der Waals surface area contributed by atoms with Crippen molar-refractivity contribution in [3.05, 3.63) is 59.2 Å². The van der Waals surface area contributed by atoms with E-state index in [0.717, 1.165) is 25.2 Å². The van der Waals surface area contributed by atoms with Crippen molar-refractivity contribution in [2.75, 3.05) is 17.2 Å². The standard InChI is InChI=1S/C17H20N2/c1-13-7-9-14(10-8-13)12-19-11-3-4-15-16(18)5-2-6-17(15)19/h2,5-10H,3-4,11-12,18H2,1H3. The molecule has 19 heavy (non-hydrogen) atoms. The third-order valence-electron chi connectivity index (χ3n) is 3.88. The van der Waals surface area contributed by atoms with Crippen LogP contribution in [0.2, 0.25) is 0 Å². The van der Waals surface area contributed by atoms with E-state index in [1.54, 1.807) is 0 Å². The summed E-state index contributed by atoms with van der Waals surface area (Å²) >= 11 is 0. The molecule has 0 amide bonds. The number of aryl methyl sites for hydroxylation is 1. The van der Waals surface area contributed by atoms with Gasteiger partial charge in [-0.2, -0.15) is 0 Å². The van der Waals surface area contributed by atoms with Gasteiger partial charge >= 0.3 is 0 Å². The molecule has 0 radical (unpaired) electrons. The first-order valence-corrected chi connectivity index (χ1v) is 6.92. The summed E-state index contributed by atoms with van der Waals surface area (Å²) in [5, 5.41) is 0. The van der Waals surface area contributed by atoms with E-state index in [1.165, 1.54) is 28.8 Å². The zero-order chi connectivity index (χ0) is 13.2. The van der Waals surface area contributed by atoms with Gasteiger partial charge in [-0.15, -0.1) is 0 Å². The SMILES string of the molecule is Cc1ccc(CN2CCCc3c(N)cccc32)cc1. The lowest BCUT2D eigenvalue weighted by Gasteiger charge is -2.32. The van der Waals surface area contributed by atoms with Crippen LogP contribution >= 0.6 is 0 Å². The summed E-state index contributed by atoms with van der Waals surface area (Å²) in [6.07, 6.45) is 2.29. The van der Waals surface area contributed by atoms with Crippen molar-refractivity contribution in [2.45, 2.75) is 26.3 Å². The van der Waals surface area contributed by atoms with E-state index in [4.69, 9.17) is 5.73 Å². The lowest BCUT2D eigenvalue weighted by Crippen LogP contribution is -2.29. The summed E-state index contributed by atoms with van der Waals surface area (Å²) in [5.74, 6) is 0. The Morgan fingerprint density at radius 3 is 2.68 bits per heavy atom. The number of benzene rings is 2. The summed E-state index contributed by atoms with van der Waals surface area (Å²) in [7, 11) is 0. The van der Waals surface area contributed by atoms with Gasteiger partial charge in [0.1, 0.15) is 0 Å². The molecule has 0 aromatic heterocycles. The first-order valence-electron chi connectivity index (χ1n) is 6.92. The number of nitrogen functional groups attached to an aromatic ring is 1. The fourth-order valence-electron chi connectivity index (χ4n) is 2.81. The minimum atomic E-state index is 0.936. The van der Waals surface area contributed by atoms with Gasteiger partial charge in [-0.3, -0.25) is 0 Å². The van der Waals surface area contributed by atoms with E-state index in [9.17, 15) is 0 Å². The minimum Gasteiger partial charge on any atom is -0.398 e. The second kappa shape index (κ2) is 4.96. The van der Waals surface area contributed by atoms with Gasteiger partial charge in [0.15, 0.2) is 0 Å². The number of rotatable bonds is 2. The summed E-state index contributed by atoms with van der Waals surface area (Å²) in [5.41, 5.74) is 12.3. The van der Waals surface area contributed by atoms with Crippen molar-refractivity contribution in [2.24, 2.45) is 0 Å². The topological polar surface area (TPSA) is 29.3 Å². The Bertz CT molecular complexity index is 572. The fourth-order valence-corrected chi connectivity index (χ4v) is 2.81. The monoisotopic (exact) mass is 252 g/mol. The number of hydrogen-bond acceptors (Lipinski definition) is 2. The molecule has 2 N–H and O–H groups in total. The summed E-state index contributed by atoms with van der Waals surface area (Å²) in [6, 6.07) is 15.1. The molecule has 2 aromatic carbocycles. The van der Waals surface area contributed by atoms with Crippen molar-refractivity contribution >= 4 is 11.4 Å². The average molecular weight is 252 g/mol. The predicted octanol–water partition coefficient (Wildman–Crippen LogP) is 3.53. The highest BCUT2D eigenvalue weighted by atomic mass is 15.1. The summed E-state index contributed by atoms with van der Waals surface area (Å²) in [4.78, 5) is 2.44. The Morgan fingerprint density at radius 1 is 1.11 bits per heavy atom. The van der Waals surface area contributed by atoms with Crippen LogP contribution in [0.3, 0.4) is 0 Å². The van der Waals surface area contributed by atoms with E-state index in [2.05, 4.69) is 48.2 Å². The first-order chi connectivity index (χ1) is 9.24. The number of anilines is 2. The molecule has 1 aliphatic rings. The molecule has 0 unspecified atom stereocenters. The van der Waals surface area contributed by atoms with Crippen LogP contribution in [0.25, 0.3) is 0 Å². The maximum absolute atomic E-state index is 6.09. The molecule has 0 saturated carbocycles. The van der Waals surface area contributed by atoms with E-state index in [-0.39, 0.29) is 0 Å². The molecule has 0 saturated heterocycles. The Hall–Kier alpha value is -1.96. The van der Waals surface area contributed by atoms with Gasteiger partial charge in [0.05, 0.1) is 0 Å². The van der Waals surface area contributed by atoms with Gasteiger partial charge in [0.25, 0.3) is 0 Å². The molecule has 0 fully saturated rings. The van der Waals surface area contributed by atoms with Crippen LogP contribution in [0.1, 0.15) is 23.1 Å². The van der Waals surface area contributed by atoms with Crippen LogP contribution in [0.15, 0.2) is 42.5 Å². The van der Waals surface area contributed by atoms with Crippen LogP contribution in [0.5, 0.6) is 0 Å². The largest absolute Gasteiger partial charge is 0.398 e. The summed E-state index contributed by atoms with van der Waals surface area (Å²) in [6.45, 7) is 4.21. The van der Waals surface area contributed by atoms with Crippen LogP contribution < -0.4 is 10.6 Å². The highest BCUT2D eigenvalue weighted by Gasteiger charge is 2.18. The van der Waals surface area contributed by atoms with Crippen molar-refractivity contribution in [1.29, 1.82) is 0 Å². The molecule has 2 heteroatoms. The van der Waals surface area contributed by atoms with E-state index < -0.39 is 0 Å². The Labute approximate surface area is 114 Å². The lowest BCUT2D eigenvalue weighted by molar-refractivity contribution is 0.692. The molecule has 98 valence electrons. The number of nitrogens with zero attached hydrogens (tertiary/aromatic N) is 1. The molecule has 1 aliphatic heterocycles. The van der Waals surface area contributed by atoms with Crippen LogP contribution in [-0.2, 0) is 13.0 Å². The number of nitrogens with two attached hydrogens (primary N) is 1. The minimum absolute atomic E-state index is 0.936. The average Bonchev–Trinajstić information content (AvgIpc) is 2.43. The van der Waals surface area contributed by atoms with Gasteiger partial charge in [-0.1, -0.05) is 35.9 Å². The Morgan fingerprint density at radius 2 is 1.89 bits per heavy atom. The quantitative estimate of drug-likeness (QED) is 0.828. The van der Waals surface area contributed by atoms with Crippen molar-refractivity contribution in [3.8, 4) is 0 Å². The van der Waals surface area contributed by atoms with Crippen LogP contribution in [-0.4, -0.2) is 6.54 Å². The van der Waals surface area contributed by atoms with E-state index >= 15 is 0 Å². The summed E-state index contributed by atoms with van der Waals surface area (Å²) < 4.78 is 0. The second-order valence-electron chi connectivity index (χ2n) is 5.36. The molecule has 0 bridgehead atoms. The molecule has 2 nitrogen and oxygen atoms in total. The van der Waals surface area contributed by atoms with Gasteiger partial charge in [0.2, 0.25) is 0 Å². The zero-order valence-corrected chi connectivity index (χ0v) is 11.4. The van der Waals surface area contributed by atoms with E-state index in [1.807, 2.05) is 6.07 Å². The highest BCUT2D eigenvalue weighted by molar-refractivity contribution is 5.66. The van der Waals surface area contributed by atoms with Gasteiger partial charge in [-0.05, 0) is 43.0 Å². The molecule has 0 aliphatic carbocycles. The smallest absolute Gasteiger partial charge is 0.0429 e. The van der Waals surface area contributed by atoms with Crippen LogP contribution in [0, 0.1) is 6.92 Å². The molecular formula is C17H20N2. The van der Waals surface area contributed by atoms with Crippen molar-refractivity contribution in [3.63, 3.8) is 0 Å². The Kier molecular flexibility index (Phi) is 3.16. The highest BCUT2D eigenvalue weighted by Crippen LogP contribution is 2.32. The van der Waals surface area contributed by atoms with Crippen LogP contribution in [0.4, 0.5) is 11.4 Å². The van der Waals surface area contributed by atoms with Gasteiger partial charge in [-0.25, -0.2) is 0 Å². The molecule has 0 atom stereocenters. The van der Waals surface area contributed by atoms with E-state index in [0.29, 0.717) is 0 Å². The third-order valence-corrected chi connectivity index (χ3v) is 3.88. The lowest BCUT2D eigenvalue weighted by atomic mass is 9.99. The second-order valence-corrected chi connectivity index (χ2v) is 5.36. The molecule has 3 rings (SSSR count). The fraction of sp³-hybridized carbons (Fsp3) is 0.294. The normalized spacial score (nSPS) is 14.3. The predicted molar refractivity (Wildman–Crippen MR) is 81.4 cm³/mol. The number of hydrogen-bond donors (Lipinski definition) is 1. The molecule has 1 heterocycles. The number of fused-ring (bicyclic) bond motifs is 1. The molecule has 0 spiro atoms. The van der Waals surface area contributed by atoms with Gasteiger partial charge in [0, 0.05) is 24.5 Å². The maximum atomic E-state index is 6.09. The Balaban J connectivity index is 1.88. The first kappa shape index (κ1) is 12.1. The zero-order valence-electron chi connectivity index (χ0n) is 11.4. The van der Waals surface area contributed by atoms with Gasteiger partial charge < -0.3 is 10.6 Å². The maximum Gasteiger partial charge on any atom is 0.0429 e. The van der Waals surface area contributed by atoms with Crippen molar-refractivity contribution < 1.29 is 0 Å². The van der Waals surface area contributed by atoms with Crippen molar-refractivity contribution in [1.82, 2.24) is 0 Å². The molecular weight excluding hydrogens is 232 g/mol. The third kappa shape index (κ3) is 2.43.